The van der Waals surface area contributed by atoms with Gasteiger partial charge in [-0.25, -0.2) is 0 Å². The van der Waals surface area contributed by atoms with Crippen LogP contribution < -0.4 is 9.47 Å². The Morgan fingerprint density at radius 2 is 1.84 bits per heavy atom. The van der Waals surface area contributed by atoms with Gasteiger partial charge in [-0.05, 0) is 38.8 Å². The maximum absolute atomic E-state index is 11.4. The second kappa shape index (κ2) is 8.81. The largest absolute Gasteiger partial charge is 0.490 e. The number of ether oxygens (including phenoxy) is 2. The molecule has 19 heavy (non-hydrogen) atoms. The van der Waals surface area contributed by atoms with Gasteiger partial charge in [-0.15, -0.1) is 11.6 Å². The summed E-state index contributed by atoms with van der Waals surface area (Å²) in [6, 6.07) is 7.55. The van der Waals surface area contributed by atoms with Gasteiger partial charge in [0.25, 0.3) is 0 Å². The number of carbonyl (C=O) groups is 1. The number of benzene rings is 1. The van der Waals surface area contributed by atoms with Gasteiger partial charge in [-0.1, -0.05) is 12.1 Å². The Hall–Kier alpha value is -1.22. The summed E-state index contributed by atoms with van der Waals surface area (Å²) in [4.78, 5) is 11.4. The molecule has 1 aromatic rings. The van der Waals surface area contributed by atoms with Crippen LogP contribution in [0.3, 0.4) is 0 Å². The molecule has 0 radical (unpaired) electrons. The van der Waals surface area contributed by atoms with Crippen molar-refractivity contribution in [1.82, 2.24) is 0 Å². The van der Waals surface area contributed by atoms with Gasteiger partial charge in [0.1, 0.15) is 5.78 Å². The molecule has 4 heteroatoms. The third kappa shape index (κ3) is 5.52. The zero-order chi connectivity index (χ0) is 14.1. The van der Waals surface area contributed by atoms with Gasteiger partial charge >= 0.3 is 0 Å². The number of hydrogen-bond donors (Lipinski definition) is 0. The van der Waals surface area contributed by atoms with Crippen LogP contribution >= 0.6 is 11.6 Å². The van der Waals surface area contributed by atoms with Crippen molar-refractivity contribution in [2.24, 2.45) is 5.92 Å². The zero-order valence-electron chi connectivity index (χ0n) is 11.5. The molecule has 0 aliphatic rings. The third-order valence-corrected chi connectivity index (χ3v) is 3.12. The minimum Gasteiger partial charge on any atom is -0.490 e. The fourth-order valence-electron chi connectivity index (χ4n) is 1.84. The van der Waals surface area contributed by atoms with Gasteiger partial charge in [0.15, 0.2) is 11.5 Å². The van der Waals surface area contributed by atoms with E-state index in [9.17, 15) is 4.79 Å². The van der Waals surface area contributed by atoms with E-state index in [2.05, 4.69) is 0 Å². The molecule has 106 valence electrons. The molecule has 0 spiro atoms. The lowest BCUT2D eigenvalue weighted by Gasteiger charge is -2.14. The molecular weight excluding hydrogens is 264 g/mol. The predicted molar refractivity (Wildman–Crippen MR) is 77.2 cm³/mol. The van der Waals surface area contributed by atoms with Crippen molar-refractivity contribution >= 4 is 17.4 Å². The molecule has 0 N–H and O–H groups in total. The number of halogens is 1. The Balaban J connectivity index is 2.50. The van der Waals surface area contributed by atoms with Crippen molar-refractivity contribution in [3.8, 4) is 11.5 Å². The minimum absolute atomic E-state index is 0.0169. The molecule has 0 amide bonds. The molecule has 0 fully saturated rings. The highest BCUT2D eigenvalue weighted by Gasteiger charge is 2.14. The standard InChI is InChI=1S/C15H21ClO3/c1-3-18-14-6-4-5-7-15(14)19-11-9-13(8-10-16)12(2)17/h4-7,13H,3,8-11H2,1-2H3. The summed E-state index contributed by atoms with van der Waals surface area (Å²) in [5.74, 6) is 2.11. The first kappa shape index (κ1) is 15.8. The quantitative estimate of drug-likeness (QED) is 0.649. The van der Waals surface area contributed by atoms with Crippen LogP contribution in [0.5, 0.6) is 11.5 Å². The van der Waals surface area contributed by atoms with E-state index >= 15 is 0 Å². The Kier molecular flexibility index (Phi) is 7.34. The molecule has 1 rings (SSSR count). The summed E-state index contributed by atoms with van der Waals surface area (Å²) in [7, 11) is 0. The van der Waals surface area contributed by atoms with Gasteiger partial charge in [-0.2, -0.15) is 0 Å². The van der Waals surface area contributed by atoms with Crippen LogP contribution in [0.1, 0.15) is 26.7 Å². The van der Waals surface area contributed by atoms with Gasteiger partial charge in [0.2, 0.25) is 0 Å². The van der Waals surface area contributed by atoms with E-state index in [0.29, 0.717) is 31.9 Å². The highest BCUT2D eigenvalue weighted by molar-refractivity contribution is 6.18. The molecule has 0 aromatic heterocycles. The smallest absolute Gasteiger partial charge is 0.161 e. The van der Waals surface area contributed by atoms with E-state index in [0.717, 1.165) is 11.5 Å². The topological polar surface area (TPSA) is 35.5 Å². The fraction of sp³-hybridized carbons (Fsp3) is 0.533. The summed E-state index contributed by atoms with van der Waals surface area (Å²) in [6.07, 6.45) is 1.38. The summed E-state index contributed by atoms with van der Waals surface area (Å²) in [6.45, 7) is 4.63. The third-order valence-electron chi connectivity index (χ3n) is 2.91. The predicted octanol–water partition coefficient (Wildman–Crippen LogP) is 3.69. The number of alkyl halides is 1. The van der Waals surface area contributed by atoms with Crippen LogP contribution in [0, 0.1) is 5.92 Å². The molecule has 0 aliphatic carbocycles. The molecule has 1 aromatic carbocycles. The lowest BCUT2D eigenvalue weighted by molar-refractivity contribution is -0.121. The van der Waals surface area contributed by atoms with Crippen LogP contribution in [0.2, 0.25) is 0 Å². The summed E-state index contributed by atoms with van der Waals surface area (Å²) in [5, 5.41) is 0. The SMILES string of the molecule is CCOc1ccccc1OCCC(CCCl)C(C)=O. The van der Waals surface area contributed by atoms with E-state index < -0.39 is 0 Å². The Morgan fingerprint density at radius 3 is 2.37 bits per heavy atom. The van der Waals surface area contributed by atoms with Crippen molar-refractivity contribution < 1.29 is 14.3 Å². The van der Waals surface area contributed by atoms with E-state index in [-0.39, 0.29) is 11.7 Å². The highest BCUT2D eigenvalue weighted by Crippen LogP contribution is 2.26. The number of para-hydroxylation sites is 2. The molecule has 0 bridgehead atoms. The highest BCUT2D eigenvalue weighted by atomic mass is 35.5. The second-order valence-electron chi connectivity index (χ2n) is 4.30. The Bertz CT molecular complexity index is 393. The number of rotatable bonds is 9. The van der Waals surface area contributed by atoms with Crippen molar-refractivity contribution in [2.45, 2.75) is 26.7 Å². The van der Waals surface area contributed by atoms with Crippen molar-refractivity contribution in [3.63, 3.8) is 0 Å². The van der Waals surface area contributed by atoms with Crippen LogP contribution in [0.15, 0.2) is 24.3 Å². The monoisotopic (exact) mass is 284 g/mol. The van der Waals surface area contributed by atoms with Gasteiger partial charge in [0, 0.05) is 11.8 Å². The van der Waals surface area contributed by atoms with Gasteiger partial charge in [0.05, 0.1) is 13.2 Å². The van der Waals surface area contributed by atoms with Crippen LogP contribution in [-0.2, 0) is 4.79 Å². The maximum atomic E-state index is 11.4. The van der Waals surface area contributed by atoms with E-state index in [1.807, 2.05) is 31.2 Å². The molecule has 3 nitrogen and oxygen atoms in total. The average molecular weight is 285 g/mol. The van der Waals surface area contributed by atoms with Crippen LogP contribution in [0.25, 0.3) is 0 Å². The van der Waals surface area contributed by atoms with E-state index in [1.165, 1.54) is 0 Å². The molecular formula is C15H21ClO3. The molecule has 1 unspecified atom stereocenters. The first-order valence-corrected chi connectivity index (χ1v) is 7.13. The van der Waals surface area contributed by atoms with Crippen molar-refractivity contribution in [1.29, 1.82) is 0 Å². The number of hydrogen-bond acceptors (Lipinski definition) is 3. The number of carbonyl (C=O) groups excluding carboxylic acids is 1. The first-order valence-electron chi connectivity index (χ1n) is 6.60. The number of ketones is 1. The molecule has 0 heterocycles. The molecule has 0 saturated carbocycles. The lowest BCUT2D eigenvalue weighted by atomic mass is 9.99. The summed E-state index contributed by atoms with van der Waals surface area (Å²) in [5.41, 5.74) is 0. The first-order chi connectivity index (χ1) is 9.19. The van der Waals surface area contributed by atoms with Gasteiger partial charge in [-0.3, -0.25) is 4.79 Å². The van der Waals surface area contributed by atoms with Crippen molar-refractivity contribution in [3.05, 3.63) is 24.3 Å². The van der Waals surface area contributed by atoms with E-state index in [4.69, 9.17) is 21.1 Å². The Labute approximate surface area is 119 Å². The summed E-state index contributed by atoms with van der Waals surface area (Å²) < 4.78 is 11.2. The van der Waals surface area contributed by atoms with E-state index in [1.54, 1.807) is 6.92 Å². The molecule has 1 atom stereocenters. The van der Waals surface area contributed by atoms with Gasteiger partial charge < -0.3 is 9.47 Å². The van der Waals surface area contributed by atoms with Crippen LogP contribution in [-0.4, -0.2) is 24.9 Å². The zero-order valence-corrected chi connectivity index (χ0v) is 12.3. The normalized spacial score (nSPS) is 11.9. The number of Topliss-reactive ketones (excluding diaryl/α,β-unsaturated/α-hetero) is 1. The summed E-state index contributed by atoms with van der Waals surface area (Å²) >= 11 is 5.69. The lowest BCUT2D eigenvalue weighted by Crippen LogP contribution is -2.15. The second-order valence-corrected chi connectivity index (χ2v) is 4.68. The Morgan fingerprint density at radius 1 is 1.21 bits per heavy atom. The minimum atomic E-state index is -0.0169. The fourth-order valence-corrected chi connectivity index (χ4v) is 2.10. The average Bonchev–Trinajstić information content (AvgIpc) is 2.40. The van der Waals surface area contributed by atoms with Crippen LogP contribution in [0.4, 0.5) is 0 Å². The molecule has 0 aliphatic heterocycles. The molecule has 0 saturated heterocycles. The van der Waals surface area contributed by atoms with Crippen molar-refractivity contribution in [2.75, 3.05) is 19.1 Å². The maximum Gasteiger partial charge on any atom is 0.161 e.